The second-order valence-corrected chi connectivity index (χ2v) is 11.6. The fraction of sp³-hybridized carbons (Fsp3) is 0.314. The number of nitrogens with one attached hydrogen (secondary N) is 3. The lowest BCUT2D eigenvalue weighted by atomic mass is 9.95. The zero-order chi connectivity index (χ0) is 36.2. The number of urea groups is 1. The molecule has 0 spiro atoms. The molecule has 2 amide bonds. The third-order valence-corrected chi connectivity index (χ3v) is 7.67. The van der Waals surface area contributed by atoms with Gasteiger partial charge in [-0.3, -0.25) is 5.43 Å². The largest absolute Gasteiger partial charge is 0.493 e. The molecule has 2 atom stereocenters. The minimum atomic E-state index is -1.23. The van der Waals surface area contributed by atoms with Crippen LogP contribution >= 0.6 is 15.9 Å². The highest BCUT2D eigenvalue weighted by Crippen LogP contribution is 2.36. The van der Waals surface area contributed by atoms with Crippen LogP contribution in [-0.4, -0.2) is 69.6 Å². The molecule has 3 aromatic rings. The monoisotopic (exact) mass is 754 g/mol. The third-order valence-electron chi connectivity index (χ3n) is 7.22. The molecule has 0 bridgehead atoms. The Hall–Kier alpha value is -5.28. The molecule has 0 aliphatic carbocycles. The number of carbonyl (C=O) groups is 3. The molecule has 0 radical (unpaired) electrons. The lowest BCUT2D eigenvalue weighted by Gasteiger charge is -2.28. The van der Waals surface area contributed by atoms with Gasteiger partial charge in [0.25, 0.3) is 0 Å². The van der Waals surface area contributed by atoms with Gasteiger partial charge in [0.2, 0.25) is 0 Å². The van der Waals surface area contributed by atoms with E-state index in [2.05, 4.69) is 37.1 Å². The molecular formula is C35H39BrN4O10. The highest BCUT2D eigenvalue weighted by molar-refractivity contribution is 9.10. The van der Waals surface area contributed by atoms with E-state index in [0.717, 1.165) is 5.56 Å². The number of halogens is 1. The van der Waals surface area contributed by atoms with E-state index in [1.807, 2.05) is 0 Å². The Morgan fingerprint density at radius 3 is 2.42 bits per heavy atom. The molecule has 0 aromatic heterocycles. The smallest absolute Gasteiger partial charge is 0.338 e. The summed E-state index contributed by atoms with van der Waals surface area (Å²) >= 11 is 3.47. The van der Waals surface area contributed by atoms with Crippen LogP contribution in [0.1, 0.15) is 53.9 Å². The van der Waals surface area contributed by atoms with Gasteiger partial charge in [-0.15, -0.1) is 0 Å². The van der Waals surface area contributed by atoms with Crippen molar-refractivity contribution >= 4 is 40.1 Å². The summed E-state index contributed by atoms with van der Waals surface area (Å²) in [6.07, 6.45) is 0.245. The van der Waals surface area contributed by atoms with Crippen LogP contribution in [0.5, 0.6) is 23.0 Å². The first-order chi connectivity index (χ1) is 24.1. The van der Waals surface area contributed by atoms with E-state index in [0.29, 0.717) is 63.1 Å². The average Bonchev–Trinajstić information content (AvgIpc) is 3.10. The topological polar surface area (TPSA) is 175 Å². The third kappa shape index (κ3) is 9.66. The number of allylic oxidation sites excluding steroid dienone is 1. The second kappa shape index (κ2) is 17.9. The van der Waals surface area contributed by atoms with E-state index in [-0.39, 0.29) is 18.8 Å². The van der Waals surface area contributed by atoms with Gasteiger partial charge in [0.05, 0.1) is 50.8 Å². The SMILES string of the molecule is CCOC(=O)c1ccc(COc2c(/C=N/N[C@@H](O)COc3ccc([C@@H]4NC(=O)NC(C)=C4C(=O)OC)cc3OCC)cc(Br)cc2OC)cc1. The maximum Gasteiger partial charge on any atom is 0.338 e. The van der Waals surface area contributed by atoms with Crippen molar-refractivity contribution in [3.8, 4) is 23.0 Å². The zero-order valence-corrected chi connectivity index (χ0v) is 29.8. The van der Waals surface area contributed by atoms with Gasteiger partial charge in [-0.2, -0.15) is 5.10 Å². The molecule has 14 nitrogen and oxygen atoms in total. The second-order valence-electron chi connectivity index (χ2n) is 10.6. The molecule has 0 fully saturated rings. The van der Waals surface area contributed by atoms with Crippen LogP contribution in [0.3, 0.4) is 0 Å². The molecule has 15 heteroatoms. The molecule has 0 saturated carbocycles. The number of amides is 2. The summed E-state index contributed by atoms with van der Waals surface area (Å²) in [6.45, 7) is 5.73. The van der Waals surface area contributed by atoms with E-state index in [1.165, 1.54) is 20.4 Å². The molecule has 266 valence electrons. The lowest BCUT2D eigenvalue weighted by Crippen LogP contribution is -2.45. The number of rotatable bonds is 16. The van der Waals surface area contributed by atoms with Crippen LogP contribution < -0.4 is 35.0 Å². The number of methoxy groups -OCH3 is 2. The summed E-state index contributed by atoms with van der Waals surface area (Å²) in [5.41, 5.74) is 5.63. The van der Waals surface area contributed by atoms with Gasteiger partial charge in [0, 0.05) is 15.7 Å². The molecule has 50 heavy (non-hydrogen) atoms. The number of benzene rings is 3. The normalized spacial score (nSPS) is 14.7. The summed E-state index contributed by atoms with van der Waals surface area (Å²) in [7, 11) is 2.78. The van der Waals surface area contributed by atoms with Crippen molar-refractivity contribution in [3.05, 3.63) is 92.6 Å². The molecule has 0 saturated heterocycles. The lowest BCUT2D eigenvalue weighted by molar-refractivity contribution is -0.136. The minimum absolute atomic E-state index is 0.177. The fourth-order valence-electron chi connectivity index (χ4n) is 4.91. The van der Waals surface area contributed by atoms with Gasteiger partial charge in [-0.25, -0.2) is 14.4 Å². The van der Waals surface area contributed by atoms with Gasteiger partial charge >= 0.3 is 18.0 Å². The van der Waals surface area contributed by atoms with Crippen molar-refractivity contribution in [1.29, 1.82) is 0 Å². The molecule has 1 heterocycles. The van der Waals surface area contributed by atoms with Crippen molar-refractivity contribution in [1.82, 2.24) is 16.1 Å². The van der Waals surface area contributed by atoms with Crippen molar-refractivity contribution < 1.29 is 47.9 Å². The Labute approximate surface area is 297 Å². The van der Waals surface area contributed by atoms with Crippen LogP contribution in [0.2, 0.25) is 0 Å². The van der Waals surface area contributed by atoms with Gasteiger partial charge in [0.15, 0.2) is 29.2 Å². The van der Waals surface area contributed by atoms with Gasteiger partial charge in [-0.1, -0.05) is 34.1 Å². The number of hydrogen-bond acceptors (Lipinski definition) is 12. The Kier molecular flexibility index (Phi) is 13.5. The predicted molar refractivity (Wildman–Crippen MR) is 186 cm³/mol. The quantitative estimate of drug-likeness (QED) is 0.0689. The predicted octanol–water partition coefficient (Wildman–Crippen LogP) is 4.73. The number of hydrogen-bond donors (Lipinski definition) is 4. The number of ether oxygens (including phenoxy) is 6. The van der Waals surface area contributed by atoms with Gasteiger partial charge in [-0.05, 0) is 68.3 Å². The molecular weight excluding hydrogens is 716 g/mol. The van der Waals surface area contributed by atoms with Gasteiger partial charge < -0.3 is 44.2 Å². The van der Waals surface area contributed by atoms with Crippen LogP contribution in [0, 0.1) is 0 Å². The van der Waals surface area contributed by atoms with E-state index < -0.39 is 30.2 Å². The average molecular weight is 756 g/mol. The zero-order valence-electron chi connectivity index (χ0n) is 28.2. The van der Waals surface area contributed by atoms with E-state index in [1.54, 1.807) is 75.4 Å². The summed E-state index contributed by atoms with van der Waals surface area (Å²) in [4.78, 5) is 36.7. The standard InChI is InChI=1S/C35H39BrN4O10/c1-6-47-27-15-23(31-30(34(43)46-5)20(3)38-35(44)39-31)12-13-26(27)49-19-29(41)40-37-17-24-14-25(36)16-28(45-4)32(24)50-18-21-8-10-22(11-9-21)33(42)48-7-2/h8-17,29,31,40-41H,6-7,18-19H2,1-5H3,(H2,38,39,44)/b37-17+/t29-,31-/m0/s1. The number of nitrogens with zero attached hydrogens (tertiary/aromatic N) is 1. The summed E-state index contributed by atoms with van der Waals surface area (Å²) in [5.74, 6) is 0.544. The molecule has 1 aliphatic rings. The Balaban J connectivity index is 1.42. The van der Waals surface area contributed by atoms with Crippen molar-refractivity contribution in [2.24, 2.45) is 5.10 Å². The Morgan fingerprint density at radius 1 is 0.980 bits per heavy atom. The van der Waals surface area contributed by atoms with Crippen LogP contribution in [0.4, 0.5) is 4.79 Å². The van der Waals surface area contributed by atoms with E-state index in [4.69, 9.17) is 28.4 Å². The highest BCUT2D eigenvalue weighted by atomic mass is 79.9. The Bertz CT molecular complexity index is 1750. The maximum atomic E-state index is 12.5. The summed E-state index contributed by atoms with van der Waals surface area (Å²) in [6, 6.07) is 14.1. The number of aliphatic hydroxyl groups is 1. The summed E-state index contributed by atoms with van der Waals surface area (Å²) < 4.78 is 33.9. The maximum absolute atomic E-state index is 12.5. The van der Waals surface area contributed by atoms with Crippen LogP contribution in [0.15, 0.2) is 75.4 Å². The summed E-state index contributed by atoms with van der Waals surface area (Å²) in [5, 5.41) is 20.1. The van der Waals surface area contributed by atoms with Crippen LogP contribution in [0.25, 0.3) is 0 Å². The number of aliphatic hydroxyl groups excluding tert-OH is 1. The van der Waals surface area contributed by atoms with E-state index >= 15 is 0 Å². The number of hydrazone groups is 1. The molecule has 4 rings (SSSR count). The van der Waals surface area contributed by atoms with Gasteiger partial charge in [0.1, 0.15) is 13.2 Å². The fourth-order valence-corrected chi connectivity index (χ4v) is 5.37. The van der Waals surface area contributed by atoms with E-state index in [9.17, 15) is 19.5 Å². The van der Waals surface area contributed by atoms with Crippen LogP contribution in [-0.2, 0) is 20.9 Å². The minimum Gasteiger partial charge on any atom is -0.493 e. The number of carbonyl (C=O) groups excluding carboxylic acids is 3. The molecule has 0 unspecified atom stereocenters. The first-order valence-corrected chi connectivity index (χ1v) is 16.4. The first-order valence-electron chi connectivity index (χ1n) is 15.6. The molecule has 3 aromatic carbocycles. The molecule has 1 aliphatic heterocycles. The van der Waals surface area contributed by atoms with Crippen molar-refractivity contribution in [2.75, 3.05) is 34.0 Å². The van der Waals surface area contributed by atoms with Crippen molar-refractivity contribution in [2.45, 2.75) is 39.6 Å². The van der Waals surface area contributed by atoms with Crippen molar-refractivity contribution in [3.63, 3.8) is 0 Å². The first kappa shape index (κ1) is 37.5. The highest BCUT2D eigenvalue weighted by Gasteiger charge is 2.32. The molecule has 4 N–H and O–H groups in total. The Morgan fingerprint density at radius 2 is 1.74 bits per heavy atom. The number of esters is 2.